The number of fused-ring (bicyclic) bond motifs is 2. The van der Waals surface area contributed by atoms with E-state index in [9.17, 15) is 4.79 Å². The number of ether oxygens (including phenoxy) is 2. The summed E-state index contributed by atoms with van der Waals surface area (Å²) >= 11 is 0. The quantitative estimate of drug-likeness (QED) is 0.686. The van der Waals surface area contributed by atoms with Crippen molar-refractivity contribution >= 4 is 23.0 Å². The van der Waals surface area contributed by atoms with E-state index >= 15 is 0 Å². The van der Waals surface area contributed by atoms with Gasteiger partial charge in [0.15, 0.2) is 11.3 Å². The van der Waals surface area contributed by atoms with Gasteiger partial charge in [-0.25, -0.2) is 0 Å². The minimum atomic E-state index is -0.159. The highest BCUT2D eigenvalue weighted by Crippen LogP contribution is 2.45. The molecule has 134 valence electrons. The first kappa shape index (κ1) is 17.6. The summed E-state index contributed by atoms with van der Waals surface area (Å²) < 4.78 is 17.1. The number of rotatable bonds is 5. The largest absolute Gasteiger partial charge is 0.492 e. The molecule has 0 saturated carbocycles. The molecule has 3 rings (SSSR count). The summed E-state index contributed by atoms with van der Waals surface area (Å²) in [5.41, 5.74) is 5.05. The van der Waals surface area contributed by atoms with Gasteiger partial charge in [-0.2, -0.15) is 0 Å². The lowest BCUT2D eigenvalue weighted by molar-refractivity contribution is -0.145. The van der Waals surface area contributed by atoms with Gasteiger partial charge in [0.05, 0.1) is 13.4 Å². The van der Waals surface area contributed by atoms with Crippen molar-refractivity contribution in [2.24, 2.45) is 5.92 Å². The predicted octanol–water partition coefficient (Wildman–Crippen LogP) is 5.36. The Morgan fingerprint density at radius 1 is 1.40 bits per heavy atom. The molecule has 0 radical (unpaired) electrons. The van der Waals surface area contributed by atoms with Gasteiger partial charge >= 0.3 is 5.97 Å². The predicted molar refractivity (Wildman–Crippen MR) is 98.8 cm³/mol. The van der Waals surface area contributed by atoms with Gasteiger partial charge in [-0.15, -0.1) is 0 Å². The highest BCUT2D eigenvalue weighted by molar-refractivity contribution is 5.95. The molecule has 1 aromatic heterocycles. The summed E-state index contributed by atoms with van der Waals surface area (Å²) in [6.45, 7) is 8.51. The molecule has 4 heteroatoms. The van der Waals surface area contributed by atoms with Crippen molar-refractivity contribution in [3.63, 3.8) is 0 Å². The SMILES string of the molecule is COc1c2c(c(COC(=O)CC(C)C)c3c(C)coc13)[C@@H](C)CC=C2. The van der Waals surface area contributed by atoms with Gasteiger partial charge < -0.3 is 13.9 Å². The van der Waals surface area contributed by atoms with E-state index in [0.29, 0.717) is 12.3 Å². The molecule has 25 heavy (non-hydrogen) atoms. The van der Waals surface area contributed by atoms with E-state index in [2.05, 4.69) is 19.1 Å². The Morgan fingerprint density at radius 3 is 2.84 bits per heavy atom. The summed E-state index contributed by atoms with van der Waals surface area (Å²) in [7, 11) is 1.67. The molecule has 1 atom stereocenters. The van der Waals surface area contributed by atoms with Crippen molar-refractivity contribution in [3.8, 4) is 5.75 Å². The maximum absolute atomic E-state index is 12.1. The van der Waals surface area contributed by atoms with Crippen LogP contribution in [0.15, 0.2) is 16.8 Å². The second kappa shape index (κ2) is 6.95. The van der Waals surface area contributed by atoms with Crippen molar-refractivity contribution in [2.45, 2.75) is 53.1 Å². The first-order valence-corrected chi connectivity index (χ1v) is 8.86. The first-order chi connectivity index (χ1) is 11.9. The van der Waals surface area contributed by atoms with E-state index in [-0.39, 0.29) is 18.5 Å². The average Bonchev–Trinajstić information content (AvgIpc) is 2.93. The van der Waals surface area contributed by atoms with Crippen LogP contribution in [0.25, 0.3) is 17.0 Å². The lowest BCUT2D eigenvalue weighted by Gasteiger charge is -2.24. The van der Waals surface area contributed by atoms with Gasteiger partial charge in [0.2, 0.25) is 0 Å². The first-order valence-electron chi connectivity index (χ1n) is 8.86. The zero-order valence-corrected chi connectivity index (χ0v) is 15.6. The molecular formula is C21H26O4. The second-order valence-electron chi connectivity index (χ2n) is 7.26. The van der Waals surface area contributed by atoms with Crippen molar-refractivity contribution < 1.29 is 18.7 Å². The minimum Gasteiger partial charge on any atom is -0.492 e. The maximum atomic E-state index is 12.1. The van der Waals surface area contributed by atoms with E-state index in [1.807, 2.05) is 20.8 Å². The Kier molecular flexibility index (Phi) is 4.89. The minimum absolute atomic E-state index is 0.159. The second-order valence-corrected chi connectivity index (χ2v) is 7.26. The fourth-order valence-corrected chi connectivity index (χ4v) is 3.66. The summed E-state index contributed by atoms with van der Waals surface area (Å²) in [5, 5.41) is 1.01. The number of aryl methyl sites for hydroxylation is 1. The Labute approximate surface area is 148 Å². The number of hydrogen-bond acceptors (Lipinski definition) is 4. The molecule has 1 aliphatic rings. The third-order valence-corrected chi connectivity index (χ3v) is 4.77. The topological polar surface area (TPSA) is 48.7 Å². The summed E-state index contributed by atoms with van der Waals surface area (Å²) in [4.78, 5) is 12.1. The van der Waals surface area contributed by atoms with Crippen molar-refractivity contribution in [1.82, 2.24) is 0 Å². The average molecular weight is 342 g/mol. The van der Waals surface area contributed by atoms with Crippen LogP contribution < -0.4 is 4.74 Å². The molecule has 1 heterocycles. The van der Waals surface area contributed by atoms with Gasteiger partial charge in [0, 0.05) is 22.9 Å². The van der Waals surface area contributed by atoms with Crippen molar-refractivity contribution in [1.29, 1.82) is 0 Å². The van der Waals surface area contributed by atoms with Crippen LogP contribution in [0.4, 0.5) is 0 Å². The van der Waals surface area contributed by atoms with Gasteiger partial charge in [-0.05, 0) is 36.3 Å². The number of methoxy groups -OCH3 is 1. The Hall–Kier alpha value is -2.23. The molecule has 1 aliphatic carbocycles. The normalized spacial score (nSPS) is 16.3. The van der Waals surface area contributed by atoms with E-state index in [1.165, 1.54) is 5.56 Å². The molecule has 0 spiro atoms. The van der Waals surface area contributed by atoms with Gasteiger partial charge in [-0.3, -0.25) is 4.79 Å². The van der Waals surface area contributed by atoms with Crippen LogP contribution >= 0.6 is 0 Å². The van der Waals surface area contributed by atoms with Gasteiger partial charge in [-0.1, -0.05) is 32.9 Å². The van der Waals surface area contributed by atoms with E-state index in [4.69, 9.17) is 13.9 Å². The van der Waals surface area contributed by atoms with Crippen LogP contribution in [-0.4, -0.2) is 13.1 Å². The summed E-state index contributed by atoms with van der Waals surface area (Å²) in [6, 6.07) is 0. The molecule has 0 N–H and O–H groups in total. The molecule has 0 bridgehead atoms. The Bertz CT molecular complexity index is 826. The molecule has 0 saturated heterocycles. The molecule has 1 aromatic carbocycles. The Morgan fingerprint density at radius 2 is 2.16 bits per heavy atom. The van der Waals surface area contributed by atoms with Crippen LogP contribution in [0.2, 0.25) is 0 Å². The smallest absolute Gasteiger partial charge is 0.306 e. The molecule has 0 amide bonds. The Balaban J connectivity index is 2.13. The lowest BCUT2D eigenvalue weighted by Crippen LogP contribution is -2.12. The number of carbonyl (C=O) groups is 1. The van der Waals surface area contributed by atoms with E-state index in [1.54, 1.807) is 13.4 Å². The van der Waals surface area contributed by atoms with Crippen molar-refractivity contribution in [2.75, 3.05) is 7.11 Å². The standard InChI is InChI=1S/C21H26O4/c1-12(2)9-17(22)24-11-16-18-13(3)7-6-8-15(18)20(23-5)21-19(16)14(4)10-25-21/h6,8,10,12-13H,7,9,11H2,1-5H3/t13-/m0/s1. The highest BCUT2D eigenvalue weighted by atomic mass is 16.5. The number of carbonyl (C=O) groups excluding carboxylic acids is 1. The molecular weight excluding hydrogens is 316 g/mol. The number of esters is 1. The number of allylic oxidation sites excluding steroid dienone is 1. The molecule has 0 aliphatic heterocycles. The van der Waals surface area contributed by atoms with Crippen LogP contribution in [0.1, 0.15) is 61.8 Å². The summed E-state index contributed by atoms with van der Waals surface area (Å²) in [6.07, 6.45) is 7.38. The van der Waals surface area contributed by atoms with Crippen LogP contribution in [0.3, 0.4) is 0 Å². The highest BCUT2D eigenvalue weighted by Gasteiger charge is 2.27. The fourth-order valence-electron chi connectivity index (χ4n) is 3.66. The number of furan rings is 1. The van der Waals surface area contributed by atoms with Gasteiger partial charge in [0.25, 0.3) is 0 Å². The third kappa shape index (κ3) is 3.17. The summed E-state index contributed by atoms with van der Waals surface area (Å²) in [5.74, 6) is 1.23. The monoisotopic (exact) mass is 342 g/mol. The van der Waals surface area contributed by atoms with E-state index in [0.717, 1.165) is 39.8 Å². The van der Waals surface area contributed by atoms with E-state index < -0.39 is 0 Å². The van der Waals surface area contributed by atoms with Crippen LogP contribution in [0.5, 0.6) is 5.75 Å². The molecule has 0 unspecified atom stereocenters. The molecule has 2 aromatic rings. The van der Waals surface area contributed by atoms with Crippen LogP contribution in [-0.2, 0) is 16.1 Å². The van der Waals surface area contributed by atoms with Gasteiger partial charge in [0.1, 0.15) is 6.61 Å². The number of benzene rings is 1. The fraction of sp³-hybridized carbons (Fsp3) is 0.476. The number of hydrogen-bond donors (Lipinski definition) is 0. The van der Waals surface area contributed by atoms with Crippen LogP contribution in [0, 0.1) is 12.8 Å². The maximum Gasteiger partial charge on any atom is 0.306 e. The molecule has 0 fully saturated rings. The van der Waals surface area contributed by atoms with Crippen molar-refractivity contribution in [3.05, 3.63) is 34.6 Å². The molecule has 4 nitrogen and oxygen atoms in total. The lowest BCUT2D eigenvalue weighted by atomic mass is 9.82. The third-order valence-electron chi connectivity index (χ3n) is 4.77. The zero-order valence-electron chi connectivity index (χ0n) is 15.6. The zero-order chi connectivity index (χ0) is 18.1.